The Bertz CT molecular complexity index is 1440. The lowest BCUT2D eigenvalue weighted by molar-refractivity contribution is 0.584. The lowest BCUT2D eigenvalue weighted by atomic mass is 10.2. The van der Waals surface area contributed by atoms with Crippen molar-refractivity contribution in [3.05, 3.63) is 69.7 Å². The number of benzene rings is 2. The summed E-state index contributed by atoms with van der Waals surface area (Å²) in [4.78, 5) is 27.8. The zero-order valence-electron chi connectivity index (χ0n) is 16.5. The Hall–Kier alpha value is -3.06. The minimum Gasteiger partial charge on any atom is -0.299 e. The lowest BCUT2D eigenvalue weighted by Gasteiger charge is -2.07. The highest BCUT2D eigenvalue weighted by molar-refractivity contribution is 9.10. The van der Waals surface area contributed by atoms with Gasteiger partial charge in [-0.3, -0.25) is 13.9 Å². The molecule has 0 bridgehead atoms. The van der Waals surface area contributed by atoms with Crippen LogP contribution in [0, 0.1) is 0 Å². The molecule has 5 aromatic rings. The molecule has 30 heavy (non-hydrogen) atoms. The fourth-order valence-corrected chi connectivity index (χ4v) is 4.06. The Balaban J connectivity index is 1.86. The van der Waals surface area contributed by atoms with Crippen LogP contribution >= 0.6 is 15.9 Å². The van der Waals surface area contributed by atoms with Gasteiger partial charge >= 0.3 is 0 Å². The van der Waals surface area contributed by atoms with E-state index in [1.165, 1.54) is 0 Å². The first-order valence-electron chi connectivity index (χ1n) is 10.1. The quantitative estimate of drug-likeness (QED) is 0.335. The van der Waals surface area contributed by atoms with Gasteiger partial charge in [0.2, 0.25) is 0 Å². The number of rotatable bonds is 5. The highest BCUT2D eigenvalue weighted by atomic mass is 79.9. The molecule has 0 fully saturated rings. The zero-order valence-corrected chi connectivity index (χ0v) is 18.1. The molecule has 0 aliphatic rings. The molecule has 5 rings (SSSR count). The molecular weight excluding hydrogens is 442 g/mol. The van der Waals surface area contributed by atoms with E-state index >= 15 is 0 Å². The van der Waals surface area contributed by atoms with Gasteiger partial charge in [0.05, 0.1) is 17.4 Å². The normalized spacial score (nSPS) is 11.7. The minimum atomic E-state index is -0.0680. The van der Waals surface area contributed by atoms with E-state index in [2.05, 4.69) is 27.8 Å². The molecule has 0 atom stereocenters. The summed E-state index contributed by atoms with van der Waals surface area (Å²) in [7, 11) is 0. The summed E-state index contributed by atoms with van der Waals surface area (Å²) < 4.78 is 4.60. The molecule has 2 aromatic carbocycles. The molecule has 0 aliphatic carbocycles. The monoisotopic (exact) mass is 461 g/mol. The van der Waals surface area contributed by atoms with Crippen LogP contribution in [0.25, 0.3) is 38.9 Å². The van der Waals surface area contributed by atoms with Gasteiger partial charge < -0.3 is 0 Å². The second kappa shape index (κ2) is 7.65. The van der Waals surface area contributed by atoms with Gasteiger partial charge in [-0.25, -0.2) is 15.0 Å². The molecule has 3 aromatic heterocycles. The largest absolute Gasteiger partial charge is 0.299 e. The standard InChI is InChI=1S/C23H20BrN5O/c1-2-3-6-13-28-14-25-21-19(23(28)30)20-22(27-18-8-5-4-7-17(18)26-20)29(21)16-11-9-15(24)10-12-16/h4-5,7-12,14H,2-3,6,13H2,1H3. The maximum atomic E-state index is 13.4. The minimum absolute atomic E-state index is 0.0680. The van der Waals surface area contributed by atoms with Crippen molar-refractivity contribution in [2.45, 2.75) is 32.7 Å². The Morgan fingerprint density at radius 1 is 0.933 bits per heavy atom. The number of nitrogens with zero attached hydrogens (tertiary/aromatic N) is 5. The van der Waals surface area contributed by atoms with E-state index in [1.54, 1.807) is 10.9 Å². The summed E-state index contributed by atoms with van der Waals surface area (Å²) in [6, 6.07) is 15.6. The van der Waals surface area contributed by atoms with E-state index < -0.39 is 0 Å². The number of hydrogen-bond acceptors (Lipinski definition) is 4. The topological polar surface area (TPSA) is 65.6 Å². The van der Waals surface area contributed by atoms with Crippen molar-refractivity contribution in [2.24, 2.45) is 0 Å². The van der Waals surface area contributed by atoms with Gasteiger partial charge in [0.1, 0.15) is 10.9 Å². The van der Waals surface area contributed by atoms with E-state index in [4.69, 9.17) is 9.97 Å². The van der Waals surface area contributed by atoms with E-state index in [1.807, 2.05) is 53.1 Å². The first-order chi connectivity index (χ1) is 14.7. The van der Waals surface area contributed by atoms with Crippen molar-refractivity contribution in [1.29, 1.82) is 0 Å². The van der Waals surface area contributed by atoms with E-state index in [-0.39, 0.29) is 5.56 Å². The van der Waals surface area contributed by atoms with Gasteiger partial charge in [-0.1, -0.05) is 47.8 Å². The summed E-state index contributed by atoms with van der Waals surface area (Å²) in [6.07, 6.45) is 4.78. The molecule has 0 saturated heterocycles. The third-order valence-corrected chi connectivity index (χ3v) is 5.85. The predicted octanol–water partition coefficient (Wildman–Crippen LogP) is 5.24. The third kappa shape index (κ3) is 3.10. The zero-order chi connectivity index (χ0) is 20.7. The SMILES string of the molecule is CCCCCn1cnc2c(c1=O)c1nc3ccccc3nc1n2-c1ccc(Br)cc1. The van der Waals surface area contributed by atoms with Crippen LogP contribution in [0.1, 0.15) is 26.2 Å². The molecule has 0 amide bonds. The molecule has 0 radical (unpaired) electrons. The van der Waals surface area contributed by atoms with Crippen molar-refractivity contribution >= 4 is 49.2 Å². The van der Waals surface area contributed by atoms with Gasteiger partial charge in [-0.2, -0.15) is 0 Å². The van der Waals surface area contributed by atoms with Crippen LogP contribution in [0.5, 0.6) is 0 Å². The maximum Gasteiger partial charge on any atom is 0.265 e. The van der Waals surface area contributed by atoms with Crippen molar-refractivity contribution < 1.29 is 0 Å². The lowest BCUT2D eigenvalue weighted by Crippen LogP contribution is -2.20. The van der Waals surface area contributed by atoms with Crippen molar-refractivity contribution in [3.8, 4) is 5.69 Å². The second-order valence-corrected chi connectivity index (χ2v) is 8.26. The van der Waals surface area contributed by atoms with Gasteiger partial charge in [-0.15, -0.1) is 0 Å². The fourth-order valence-electron chi connectivity index (χ4n) is 3.80. The molecule has 0 aliphatic heterocycles. The number of aromatic nitrogens is 5. The molecule has 150 valence electrons. The van der Waals surface area contributed by atoms with Crippen LogP contribution in [-0.2, 0) is 6.54 Å². The molecule has 0 N–H and O–H groups in total. The molecule has 0 unspecified atom stereocenters. The van der Waals surface area contributed by atoms with Crippen LogP contribution in [-0.4, -0.2) is 24.1 Å². The Morgan fingerprint density at radius 3 is 2.40 bits per heavy atom. The van der Waals surface area contributed by atoms with Gasteiger partial charge in [0.15, 0.2) is 11.3 Å². The molecule has 0 spiro atoms. The molecule has 6 nitrogen and oxygen atoms in total. The second-order valence-electron chi connectivity index (χ2n) is 7.35. The van der Waals surface area contributed by atoms with Crippen LogP contribution in [0.4, 0.5) is 0 Å². The predicted molar refractivity (Wildman–Crippen MR) is 123 cm³/mol. The fraction of sp³-hybridized carbons (Fsp3) is 0.217. The first-order valence-corrected chi connectivity index (χ1v) is 10.9. The number of hydrogen-bond donors (Lipinski definition) is 0. The molecule has 7 heteroatoms. The number of fused-ring (bicyclic) bond motifs is 4. The third-order valence-electron chi connectivity index (χ3n) is 5.32. The first kappa shape index (κ1) is 18.9. The Morgan fingerprint density at radius 2 is 1.67 bits per heavy atom. The van der Waals surface area contributed by atoms with Crippen LogP contribution in [0.3, 0.4) is 0 Å². The molecule has 0 saturated carbocycles. The molecular formula is C23H20BrN5O. The van der Waals surface area contributed by atoms with Crippen LogP contribution in [0.2, 0.25) is 0 Å². The van der Waals surface area contributed by atoms with Crippen molar-refractivity contribution in [3.63, 3.8) is 0 Å². The summed E-state index contributed by atoms with van der Waals surface area (Å²) in [6.45, 7) is 2.80. The smallest absolute Gasteiger partial charge is 0.265 e. The average Bonchev–Trinajstić information content (AvgIpc) is 3.08. The van der Waals surface area contributed by atoms with Crippen molar-refractivity contribution in [1.82, 2.24) is 24.1 Å². The van der Waals surface area contributed by atoms with Gasteiger partial charge in [-0.05, 0) is 42.8 Å². The van der Waals surface area contributed by atoms with E-state index in [0.717, 1.165) is 40.5 Å². The highest BCUT2D eigenvalue weighted by Gasteiger charge is 2.20. The van der Waals surface area contributed by atoms with Gasteiger partial charge in [0, 0.05) is 16.7 Å². The van der Waals surface area contributed by atoms with E-state index in [0.29, 0.717) is 28.7 Å². The summed E-state index contributed by atoms with van der Waals surface area (Å²) in [5.74, 6) is 0. The Labute approximate surface area is 181 Å². The molecule has 3 heterocycles. The van der Waals surface area contributed by atoms with E-state index in [9.17, 15) is 4.79 Å². The van der Waals surface area contributed by atoms with Crippen LogP contribution in [0.15, 0.2) is 64.1 Å². The highest BCUT2D eigenvalue weighted by Crippen LogP contribution is 2.28. The average molecular weight is 462 g/mol. The van der Waals surface area contributed by atoms with Crippen LogP contribution < -0.4 is 5.56 Å². The number of unbranched alkanes of at least 4 members (excludes halogenated alkanes) is 2. The summed E-state index contributed by atoms with van der Waals surface area (Å²) >= 11 is 3.49. The maximum absolute atomic E-state index is 13.4. The summed E-state index contributed by atoms with van der Waals surface area (Å²) in [5.41, 5.74) is 4.19. The number of halogens is 1. The van der Waals surface area contributed by atoms with Crippen molar-refractivity contribution in [2.75, 3.05) is 0 Å². The van der Waals surface area contributed by atoms with Gasteiger partial charge in [0.25, 0.3) is 5.56 Å². The number of para-hydroxylation sites is 2. The summed E-state index contributed by atoms with van der Waals surface area (Å²) in [5, 5.41) is 0.519. The number of aryl methyl sites for hydroxylation is 1. The Kier molecular flexibility index (Phi) is 4.83.